The Morgan fingerprint density at radius 2 is 2.47 bits per heavy atom. The fourth-order valence-corrected chi connectivity index (χ4v) is 1.99. The van der Waals surface area contributed by atoms with Crippen LogP contribution in [0.15, 0.2) is 12.4 Å². The molecule has 1 aromatic rings. The third-order valence-corrected chi connectivity index (χ3v) is 2.80. The molecule has 0 aliphatic carbocycles. The van der Waals surface area contributed by atoms with Crippen LogP contribution >= 0.6 is 0 Å². The van der Waals surface area contributed by atoms with Crippen LogP contribution in [0.2, 0.25) is 0 Å². The van der Waals surface area contributed by atoms with Crippen LogP contribution in [0.1, 0.15) is 18.5 Å². The second kappa shape index (κ2) is 5.07. The Hall–Kier alpha value is -1.16. The van der Waals surface area contributed by atoms with Gasteiger partial charge in [-0.3, -0.25) is 0 Å². The third kappa shape index (κ3) is 2.89. The summed E-state index contributed by atoms with van der Waals surface area (Å²) in [6.45, 7) is 2.26. The Kier molecular flexibility index (Phi) is 3.50. The average molecular weight is 207 g/mol. The van der Waals surface area contributed by atoms with Crippen molar-refractivity contribution in [2.24, 2.45) is 5.92 Å². The third-order valence-electron chi connectivity index (χ3n) is 2.80. The Labute approximate surface area is 90.1 Å². The summed E-state index contributed by atoms with van der Waals surface area (Å²) in [6, 6.07) is 1.93. The number of hydrogen-bond donors (Lipinski definition) is 1. The summed E-state index contributed by atoms with van der Waals surface area (Å²) in [6.07, 6.45) is 5.16. The predicted octanol–water partition coefficient (Wildman–Crippen LogP) is 1.03. The van der Waals surface area contributed by atoms with E-state index in [-0.39, 0.29) is 0 Å². The van der Waals surface area contributed by atoms with E-state index in [2.05, 4.69) is 15.3 Å². The van der Waals surface area contributed by atoms with E-state index in [1.807, 2.05) is 6.07 Å². The molecule has 1 N–H and O–H groups in total. The molecule has 82 valence electrons. The van der Waals surface area contributed by atoms with E-state index in [4.69, 9.17) is 4.74 Å². The van der Waals surface area contributed by atoms with Crippen LogP contribution in [0.5, 0.6) is 5.88 Å². The molecule has 0 radical (unpaired) electrons. The quantitative estimate of drug-likeness (QED) is 0.804. The SMILES string of the molecule is COc1cc(C[C@H]2CCCNC2)ncn1. The Morgan fingerprint density at radius 1 is 1.53 bits per heavy atom. The highest BCUT2D eigenvalue weighted by atomic mass is 16.5. The van der Waals surface area contributed by atoms with Crippen LogP contribution < -0.4 is 10.1 Å². The van der Waals surface area contributed by atoms with Crippen molar-refractivity contribution in [1.82, 2.24) is 15.3 Å². The van der Waals surface area contributed by atoms with Gasteiger partial charge in [-0.2, -0.15) is 0 Å². The topological polar surface area (TPSA) is 47.0 Å². The van der Waals surface area contributed by atoms with Crippen molar-refractivity contribution in [2.45, 2.75) is 19.3 Å². The number of ether oxygens (including phenoxy) is 1. The first-order valence-corrected chi connectivity index (χ1v) is 5.44. The number of hydrogen-bond acceptors (Lipinski definition) is 4. The molecule has 0 unspecified atom stereocenters. The molecule has 4 nitrogen and oxygen atoms in total. The lowest BCUT2D eigenvalue weighted by Crippen LogP contribution is -2.31. The molecule has 0 spiro atoms. The second-order valence-electron chi connectivity index (χ2n) is 3.97. The summed E-state index contributed by atoms with van der Waals surface area (Å²) in [5, 5.41) is 3.41. The standard InChI is InChI=1S/C11H17N3O/c1-15-11-6-10(13-8-14-11)5-9-3-2-4-12-7-9/h6,8-9,12H,2-5,7H2,1H3/t9-/m1/s1. The molecular weight excluding hydrogens is 190 g/mol. The van der Waals surface area contributed by atoms with E-state index in [1.54, 1.807) is 13.4 Å². The van der Waals surface area contributed by atoms with Gasteiger partial charge in [0.15, 0.2) is 0 Å². The van der Waals surface area contributed by atoms with Crippen LogP contribution in [0, 0.1) is 5.92 Å². The number of nitrogens with zero attached hydrogens (tertiary/aromatic N) is 2. The molecule has 2 heterocycles. The maximum absolute atomic E-state index is 5.08. The smallest absolute Gasteiger partial charge is 0.216 e. The number of nitrogens with one attached hydrogen (secondary N) is 1. The van der Waals surface area contributed by atoms with Crippen LogP contribution in [0.3, 0.4) is 0 Å². The second-order valence-corrected chi connectivity index (χ2v) is 3.97. The predicted molar refractivity (Wildman–Crippen MR) is 57.9 cm³/mol. The summed E-state index contributed by atoms with van der Waals surface area (Å²) in [7, 11) is 1.63. The van der Waals surface area contributed by atoms with Crippen molar-refractivity contribution in [2.75, 3.05) is 20.2 Å². The lowest BCUT2D eigenvalue weighted by Gasteiger charge is -2.22. The van der Waals surface area contributed by atoms with Crippen LogP contribution in [0.4, 0.5) is 0 Å². The Bertz CT molecular complexity index is 310. The van der Waals surface area contributed by atoms with Crippen molar-refractivity contribution in [1.29, 1.82) is 0 Å². The highest BCUT2D eigenvalue weighted by molar-refractivity contribution is 5.13. The fourth-order valence-electron chi connectivity index (χ4n) is 1.99. The van der Waals surface area contributed by atoms with Crippen molar-refractivity contribution < 1.29 is 4.74 Å². The van der Waals surface area contributed by atoms with Gasteiger partial charge in [0, 0.05) is 11.8 Å². The van der Waals surface area contributed by atoms with Crippen molar-refractivity contribution >= 4 is 0 Å². The Balaban J connectivity index is 1.96. The maximum atomic E-state index is 5.08. The van der Waals surface area contributed by atoms with E-state index in [9.17, 15) is 0 Å². The van der Waals surface area contributed by atoms with Crippen LogP contribution in [-0.4, -0.2) is 30.2 Å². The van der Waals surface area contributed by atoms with Gasteiger partial charge in [-0.15, -0.1) is 0 Å². The molecule has 15 heavy (non-hydrogen) atoms. The minimum absolute atomic E-state index is 0.656. The van der Waals surface area contributed by atoms with Crippen molar-refractivity contribution in [3.63, 3.8) is 0 Å². The van der Waals surface area contributed by atoms with Gasteiger partial charge in [-0.25, -0.2) is 9.97 Å². The van der Waals surface area contributed by atoms with Gasteiger partial charge in [-0.05, 0) is 38.3 Å². The summed E-state index contributed by atoms with van der Waals surface area (Å²) in [4.78, 5) is 8.26. The van der Waals surface area contributed by atoms with Crippen LogP contribution in [-0.2, 0) is 6.42 Å². The molecule has 4 heteroatoms. The number of aromatic nitrogens is 2. The molecule has 2 rings (SSSR count). The largest absolute Gasteiger partial charge is 0.481 e. The number of piperidine rings is 1. The molecule has 0 bridgehead atoms. The first-order chi connectivity index (χ1) is 7.38. The van der Waals surface area contributed by atoms with Gasteiger partial charge in [0.1, 0.15) is 6.33 Å². The van der Waals surface area contributed by atoms with Gasteiger partial charge in [0.25, 0.3) is 0 Å². The summed E-state index contributed by atoms with van der Waals surface area (Å²) in [5.74, 6) is 1.36. The van der Waals surface area contributed by atoms with E-state index in [1.165, 1.54) is 12.8 Å². The van der Waals surface area contributed by atoms with E-state index < -0.39 is 0 Å². The van der Waals surface area contributed by atoms with Gasteiger partial charge in [0.05, 0.1) is 7.11 Å². The zero-order valence-corrected chi connectivity index (χ0v) is 9.07. The minimum Gasteiger partial charge on any atom is -0.481 e. The van der Waals surface area contributed by atoms with Gasteiger partial charge in [-0.1, -0.05) is 0 Å². The van der Waals surface area contributed by atoms with Gasteiger partial charge in [0.2, 0.25) is 5.88 Å². The molecule has 0 amide bonds. The van der Waals surface area contributed by atoms with Crippen molar-refractivity contribution in [3.05, 3.63) is 18.1 Å². The molecule has 1 saturated heterocycles. The first kappa shape index (κ1) is 10.4. The molecule has 1 aromatic heterocycles. The summed E-state index contributed by atoms with van der Waals surface area (Å²) in [5.41, 5.74) is 1.08. The molecule has 0 saturated carbocycles. The molecule has 1 atom stereocenters. The zero-order chi connectivity index (χ0) is 10.5. The van der Waals surface area contributed by atoms with Crippen LogP contribution in [0.25, 0.3) is 0 Å². The average Bonchev–Trinajstić information content (AvgIpc) is 2.31. The van der Waals surface area contributed by atoms with Crippen molar-refractivity contribution in [3.8, 4) is 5.88 Å². The number of methoxy groups -OCH3 is 1. The van der Waals surface area contributed by atoms with Gasteiger partial charge >= 0.3 is 0 Å². The van der Waals surface area contributed by atoms with E-state index in [0.29, 0.717) is 11.8 Å². The monoisotopic (exact) mass is 207 g/mol. The van der Waals surface area contributed by atoms with E-state index >= 15 is 0 Å². The molecule has 1 aliphatic heterocycles. The molecular formula is C11H17N3O. The molecule has 0 aromatic carbocycles. The zero-order valence-electron chi connectivity index (χ0n) is 9.07. The van der Waals surface area contributed by atoms with E-state index in [0.717, 1.165) is 25.2 Å². The lowest BCUT2D eigenvalue weighted by atomic mass is 9.95. The summed E-state index contributed by atoms with van der Waals surface area (Å²) < 4.78 is 5.08. The minimum atomic E-state index is 0.656. The fraction of sp³-hybridized carbons (Fsp3) is 0.636. The maximum Gasteiger partial charge on any atom is 0.216 e. The van der Waals surface area contributed by atoms with Gasteiger partial charge < -0.3 is 10.1 Å². The highest BCUT2D eigenvalue weighted by Gasteiger charge is 2.14. The summed E-state index contributed by atoms with van der Waals surface area (Å²) >= 11 is 0. The normalized spacial score (nSPS) is 21.3. The molecule has 1 aliphatic rings. The first-order valence-electron chi connectivity index (χ1n) is 5.44. The number of rotatable bonds is 3. The lowest BCUT2D eigenvalue weighted by molar-refractivity contribution is 0.369. The highest BCUT2D eigenvalue weighted by Crippen LogP contribution is 2.16. The molecule has 1 fully saturated rings. The Morgan fingerprint density at radius 3 is 3.20 bits per heavy atom.